The predicted octanol–water partition coefficient (Wildman–Crippen LogP) is 0.914. The molecule has 0 aliphatic rings. The molecule has 1 atom stereocenters. The van der Waals surface area contributed by atoms with Gasteiger partial charge in [0.2, 0.25) is 0 Å². The van der Waals surface area contributed by atoms with Gasteiger partial charge in [0.05, 0.1) is 7.11 Å². The summed E-state index contributed by atoms with van der Waals surface area (Å²) in [7, 11) is 1.65. The summed E-state index contributed by atoms with van der Waals surface area (Å²) in [6.07, 6.45) is 0.785. The Labute approximate surface area is 85.0 Å². The molecule has 0 saturated heterocycles. The van der Waals surface area contributed by atoms with Crippen LogP contribution in [0.15, 0.2) is 24.3 Å². The third-order valence-electron chi connectivity index (χ3n) is 2.23. The predicted molar refractivity (Wildman–Crippen MR) is 58.3 cm³/mol. The molecule has 0 heterocycles. The van der Waals surface area contributed by atoms with Crippen LogP contribution in [0.1, 0.15) is 12.5 Å². The highest BCUT2D eigenvalue weighted by atomic mass is 16.5. The summed E-state index contributed by atoms with van der Waals surface area (Å²) in [6, 6.07) is 7.89. The van der Waals surface area contributed by atoms with E-state index in [1.807, 2.05) is 31.2 Å². The molecule has 1 aromatic rings. The molecule has 1 rings (SSSR count). The highest BCUT2D eigenvalue weighted by Gasteiger charge is 2.16. The Morgan fingerprint density at radius 1 is 1.29 bits per heavy atom. The SMILES string of the molecule is COc1ccc(C[C@@](C)(N)CN)cc1. The molecule has 0 aliphatic heterocycles. The van der Waals surface area contributed by atoms with Crippen LogP contribution < -0.4 is 16.2 Å². The molecule has 0 aromatic heterocycles. The first-order valence-electron chi connectivity index (χ1n) is 4.69. The minimum Gasteiger partial charge on any atom is -0.497 e. The number of nitrogens with two attached hydrogens (primary N) is 2. The standard InChI is InChI=1S/C11H18N2O/c1-11(13,8-12)7-9-3-5-10(14-2)6-4-9/h3-6H,7-8,12-13H2,1-2H3/t11-/m1/s1. The summed E-state index contributed by atoms with van der Waals surface area (Å²) in [5.41, 5.74) is 12.4. The number of methoxy groups -OCH3 is 1. The monoisotopic (exact) mass is 194 g/mol. The van der Waals surface area contributed by atoms with E-state index in [-0.39, 0.29) is 5.54 Å². The quantitative estimate of drug-likeness (QED) is 0.749. The largest absolute Gasteiger partial charge is 0.497 e. The fraction of sp³-hybridized carbons (Fsp3) is 0.455. The average molecular weight is 194 g/mol. The van der Waals surface area contributed by atoms with Gasteiger partial charge in [0.25, 0.3) is 0 Å². The van der Waals surface area contributed by atoms with Crippen molar-refractivity contribution in [3.05, 3.63) is 29.8 Å². The van der Waals surface area contributed by atoms with Crippen LogP contribution in [-0.4, -0.2) is 19.2 Å². The lowest BCUT2D eigenvalue weighted by Gasteiger charge is -2.22. The van der Waals surface area contributed by atoms with E-state index < -0.39 is 0 Å². The number of ether oxygens (including phenoxy) is 1. The lowest BCUT2D eigenvalue weighted by Crippen LogP contribution is -2.45. The Bertz CT molecular complexity index is 280. The van der Waals surface area contributed by atoms with E-state index in [1.54, 1.807) is 7.11 Å². The molecular formula is C11H18N2O. The van der Waals surface area contributed by atoms with Crippen LogP contribution in [0.3, 0.4) is 0 Å². The number of benzene rings is 1. The topological polar surface area (TPSA) is 61.3 Å². The van der Waals surface area contributed by atoms with Gasteiger partial charge < -0.3 is 16.2 Å². The Morgan fingerprint density at radius 3 is 2.29 bits per heavy atom. The van der Waals surface area contributed by atoms with Crippen molar-refractivity contribution in [1.82, 2.24) is 0 Å². The zero-order valence-corrected chi connectivity index (χ0v) is 8.79. The molecule has 0 radical (unpaired) electrons. The van der Waals surface area contributed by atoms with Gasteiger partial charge in [0, 0.05) is 12.1 Å². The molecule has 0 bridgehead atoms. The molecular weight excluding hydrogens is 176 g/mol. The minimum atomic E-state index is -0.325. The second-order valence-corrected chi connectivity index (χ2v) is 3.88. The first-order chi connectivity index (χ1) is 6.57. The highest BCUT2D eigenvalue weighted by Crippen LogP contribution is 2.14. The normalized spacial score (nSPS) is 14.9. The van der Waals surface area contributed by atoms with Gasteiger partial charge in [-0.05, 0) is 31.0 Å². The van der Waals surface area contributed by atoms with Crippen molar-refractivity contribution >= 4 is 0 Å². The lowest BCUT2D eigenvalue weighted by atomic mass is 9.94. The van der Waals surface area contributed by atoms with Gasteiger partial charge in [0.1, 0.15) is 5.75 Å². The van der Waals surface area contributed by atoms with Crippen molar-refractivity contribution in [2.75, 3.05) is 13.7 Å². The van der Waals surface area contributed by atoms with Crippen molar-refractivity contribution in [2.45, 2.75) is 18.9 Å². The van der Waals surface area contributed by atoms with Gasteiger partial charge in [-0.1, -0.05) is 12.1 Å². The van der Waals surface area contributed by atoms with Gasteiger partial charge in [-0.3, -0.25) is 0 Å². The molecule has 0 amide bonds. The fourth-order valence-corrected chi connectivity index (χ4v) is 1.28. The third kappa shape index (κ3) is 3.01. The maximum absolute atomic E-state index is 5.96. The van der Waals surface area contributed by atoms with E-state index in [0.717, 1.165) is 12.2 Å². The molecule has 0 fully saturated rings. The maximum atomic E-state index is 5.96. The van der Waals surface area contributed by atoms with Crippen molar-refractivity contribution < 1.29 is 4.74 Å². The first kappa shape index (κ1) is 11.0. The van der Waals surface area contributed by atoms with Crippen molar-refractivity contribution in [2.24, 2.45) is 11.5 Å². The first-order valence-corrected chi connectivity index (χ1v) is 4.69. The summed E-state index contributed by atoms with van der Waals surface area (Å²) < 4.78 is 5.07. The Morgan fingerprint density at radius 2 is 1.86 bits per heavy atom. The lowest BCUT2D eigenvalue weighted by molar-refractivity contribution is 0.414. The summed E-state index contributed by atoms with van der Waals surface area (Å²) in [4.78, 5) is 0. The highest BCUT2D eigenvalue weighted by molar-refractivity contribution is 5.28. The van der Waals surface area contributed by atoms with Crippen LogP contribution in [0, 0.1) is 0 Å². The summed E-state index contributed by atoms with van der Waals surface area (Å²) in [6.45, 7) is 2.44. The zero-order valence-electron chi connectivity index (χ0n) is 8.79. The van der Waals surface area contributed by atoms with E-state index in [4.69, 9.17) is 16.2 Å². The van der Waals surface area contributed by atoms with Gasteiger partial charge in [0.15, 0.2) is 0 Å². The number of hydrogen-bond donors (Lipinski definition) is 2. The van der Waals surface area contributed by atoms with E-state index >= 15 is 0 Å². The van der Waals surface area contributed by atoms with Crippen molar-refractivity contribution in [3.8, 4) is 5.75 Å². The summed E-state index contributed by atoms with van der Waals surface area (Å²) in [5.74, 6) is 0.861. The molecule has 0 unspecified atom stereocenters. The van der Waals surface area contributed by atoms with Crippen LogP contribution in [0.4, 0.5) is 0 Å². The number of hydrogen-bond acceptors (Lipinski definition) is 3. The van der Waals surface area contributed by atoms with Crippen LogP contribution in [0.5, 0.6) is 5.75 Å². The Hall–Kier alpha value is -1.06. The molecule has 0 spiro atoms. The smallest absolute Gasteiger partial charge is 0.118 e. The Balaban J connectivity index is 2.69. The molecule has 3 heteroatoms. The van der Waals surface area contributed by atoms with Gasteiger partial charge in [-0.15, -0.1) is 0 Å². The molecule has 1 aromatic carbocycles. The average Bonchev–Trinajstić information content (AvgIpc) is 2.19. The van der Waals surface area contributed by atoms with E-state index in [1.165, 1.54) is 5.56 Å². The fourth-order valence-electron chi connectivity index (χ4n) is 1.28. The molecule has 14 heavy (non-hydrogen) atoms. The van der Waals surface area contributed by atoms with Crippen LogP contribution in [-0.2, 0) is 6.42 Å². The molecule has 78 valence electrons. The van der Waals surface area contributed by atoms with Crippen molar-refractivity contribution in [1.29, 1.82) is 0 Å². The third-order valence-corrected chi connectivity index (χ3v) is 2.23. The van der Waals surface area contributed by atoms with Crippen LogP contribution >= 0.6 is 0 Å². The minimum absolute atomic E-state index is 0.325. The molecule has 0 saturated carbocycles. The van der Waals surface area contributed by atoms with Gasteiger partial charge >= 0.3 is 0 Å². The second kappa shape index (κ2) is 4.44. The Kier molecular flexibility index (Phi) is 3.49. The van der Waals surface area contributed by atoms with E-state index in [2.05, 4.69) is 0 Å². The van der Waals surface area contributed by atoms with Gasteiger partial charge in [-0.25, -0.2) is 0 Å². The number of rotatable bonds is 4. The van der Waals surface area contributed by atoms with Gasteiger partial charge in [-0.2, -0.15) is 0 Å². The maximum Gasteiger partial charge on any atom is 0.118 e. The second-order valence-electron chi connectivity index (χ2n) is 3.88. The summed E-state index contributed by atoms with van der Waals surface area (Å²) in [5, 5.41) is 0. The van der Waals surface area contributed by atoms with Crippen LogP contribution in [0.2, 0.25) is 0 Å². The van der Waals surface area contributed by atoms with E-state index in [9.17, 15) is 0 Å². The zero-order chi connectivity index (χ0) is 10.6. The summed E-state index contributed by atoms with van der Waals surface area (Å²) >= 11 is 0. The van der Waals surface area contributed by atoms with E-state index in [0.29, 0.717) is 6.54 Å². The molecule has 0 aliphatic carbocycles. The molecule has 3 nitrogen and oxygen atoms in total. The van der Waals surface area contributed by atoms with Crippen LogP contribution in [0.25, 0.3) is 0 Å². The molecule has 4 N–H and O–H groups in total. The van der Waals surface area contributed by atoms with Crippen molar-refractivity contribution in [3.63, 3.8) is 0 Å².